The predicted octanol–water partition coefficient (Wildman–Crippen LogP) is 2.39. The first-order chi connectivity index (χ1) is 12.9. The van der Waals surface area contributed by atoms with Crippen molar-refractivity contribution in [3.63, 3.8) is 0 Å². The molecule has 2 heterocycles. The number of aromatic amines is 2. The number of pyridine rings is 1. The maximum Gasteiger partial charge on any atom is 0.304 e. The number of aromatic hydroxyl groups is 1. The van der Waals surface area contributed by atoms with E-state index in [2.05, 4.69) is 15.2 Å². The number of aromatic nitrogens is 3. The van der Waals surface area contributed by atoms with E-state index in [1.165, 1.54) is 12.3 Å². The summed E-state index contributed by atoms with van der Waals surface area (Å²) in [5.74, 6) is -1.54. The zero-order chi connectivity index (χ0) is 19.6. The van der Waals surface area contributed by atoms with Crippen molar-refractivity contribution in [3.8, 4) is 22.8 Å². The van der Waals surface area contributed by atoms with Crippen molar-refractivity contribution in [1.82, 2.24) is 15.2 Å². The van der Waals surface area contributed by atoms with Crippen molar-refractivity contribution in [1.29, 1.82) is 0 Å². The van der Waals surface area contributed by atoms with Crippen LogP contribution in [0.15, 0.2) is 41.3 Å². The van der Waals surface area contributed by atoms with Crippen LogP contribution in [0, 0.1) is 6.92 Å². The van der Waals surface area contributed by atoms with Crippen molar-refractivity contribution in [2.24, 2.45) is 0 Å². The van der Waals surface area contributed by atoms with Gasteiger partial charge in [-0.25, -0.2) is 0 Å². The van der Waals surface area contributed by atoms with Gasteiger partial charge < -0.3 is 19.9 Å². The Kier molecular flexibility index (Phi) is 4.98. The number of carbonyl (C=O) groups is 1. The van der Waals surface area contributed by atoms with E-state index < -0.39 is 17.4 Å². The van der Waals surface area contributed by atoms with E-state index in [0.717, 1.165) is 5.56 Å². The molecule has 3 rings (SSSR count). The molecule has 0 aliphatic carbocycles. The Morgan fingerprint density at radius 1 is 1.30 bits per heavy atom. The second-order valence-corrected chi connectivity index (χ2v) is 6.16. The number of benzene rings is 1. The van der Waals surface area contributed by atoms with E-state index >= 15 is 0 Å². The monoisotopic (exact) mass is 369 g/mol. The summed E-state index contributed by atoms with van der Waals surface area (Å²) in [7, 11) is 1.56. The van der Waals surface area contributed by atoms with Crippen LogP contribution in [0.5, 0.6) is 11.5 Å². The quantitative estimate of drug-likeness (QED) is 0.528. The average molecular weight is 369 g/mol. The summed E-state index contributed by atoms with van der Waals surface area (Å²) in [6.07, 6.45) is 1.11. The third-order valence-corrected chi connectivity index (χ3v) is 4.33. The van der Waals surface area contributed by atoms with Crippen LogP contribution in [0.3, 0.4) is 0 Å². The standard InChI is InChI=1S/C19H19N3O5/c1-10-7-15(23)17(19(26)21-10)13(8-16(24)25)14-9-20-22-18(14)11-3-5-12(27-2)6-4-11/h3-7,9,13H,8H2,1-2H3,(H,20,22)(H,24,25)(H2,21,23,26)/t13-/m1/s1. The summed E-state index contributed by atoms with van der Waals surface area (Å²) in [5, 5.41) is 26.6. The second-order valence-electron chi connectivity index (χ2n) is 6.16. The van der Waals surface area contributed by atoms with Crippen molar-refractivity contribution in [2.75, 3.05) is 7.11 Å². The van der Waals surface area contributed by atoms with Crippen LogP contribution < -0.4 is 10.3 Å². The average Bonchev–Trinajstić information content (AvgIpc) is 3.09. The SMILES string of the molecule is COc1ccc(-c2[nH]ncc2[C@@H](CC(=O)O)c2c(O)cc(C)[nH]c2=O)cc1. The Balaban J connectivity index is 2.14. The van der Waals surface area contributed by atoms with Crippen molar-refractivity contribution in [2.45, 2.75) is 19.3 Å². The largest absolute Gasteiger partial charge is 0.507 e. The first kappa shape index (κ1) is 18.2. The van der Waals surface area contributed by atoms with Gasteiger partial charge in [-0.2, -0.15) is 5.10 Å². The highest BCUT2D eigenvalue weighted by Gasteiger charge is 2.28. The molecule has 1 atom stereocenters. The van der Waals surface area contributed by atoms with Gasteiger partial charge in [0.15, 0.2) is 0 Å². The zero-order valence-electron chi connectivity index (χ0n) is 14.8. The fourth-order valence-electron chi connectivity index (χ4n) is 3.11. The normalized spacial score (nSPS) is 11.9. The zero-order valence-corrected chi connectivity index (χ0v) is 14.8. The van der Waals surface area contributed by atoms with E-state index in [9.17, 15) is 19.8 Å². The number of nitrogens with zero attached hydrogens (tertiary/aromatic N) is 1. The van der Waals surface area contributed by atoms with Crippen LogP contribution in [0.4, 0.5) is 0 Å². The Morgan fingerprint density at radius 3 is 2.59 bits per heavy atom. The maximum absolute atomic E-state index is 12.5. The van der Waals surface area contributed by atoms with Crippen LogP contribution in [0.25, 0.3) is 11.3 Å². The minimum Gasteiger partial charge on any atom is -0.507 e. The number of aryl methyl sites for hydroxylation is 1. The van der Waals surface area contributed by atoms with E-state index in [4.69, 9.17) is 4.74 Å². The minimum atomic E-state index is -1.10. The Bertz CT molecular complexity index is 1020. The highest BCUT2D eigenvalue weighted by atomic mass is 16.5. The van der Waals surface area contributed by atoms with E-state index in [-0.39, 0.29) is 17.7 Å². The maximum atomic E-state index is 12.5. The lowest BCUT2D eigenvalue weighted by atomic mass is 9.87. The molecule has 140 valence electrons. The third kappa shape index (κ3) is 3.69. The molecule has 2 aromatic heterocycles. The van der Waals surface area contributed by atoms with E-state index in [1.807, 2.05) is 0 Å². The molecule has 0 unspecified atom stereocenters. The molecule has 0 spiro atoms. The number of hydrogen-bond donors (Lipinski definition) is 4. The molecular weight excluding hydrogens is 350 g/mol. The Morgan fingerprint density at radius 2 is 2.00 bits per heavy atom. The number of aliphatic carboxylic acids is 1. The highest BCUT2D eigenvalue weighted by Crippen LogP contribution is 2.36. The number of nitrogens with one attached hydrogen (secondary N) is 2. The fraction of sp³-hybridized carbons (Fsp3) is 0.211. The number of ether oxygens (including phenoxy) is 1. The molecule has 0 saturated carbocycles. The smallest absolute Gasteiger partial charge is 0.304 e. The molecule has 0 bridgehead atoms. The molecule has 8 nitrogen and oxygen atoms in total. The number of methoxy groups -OCH3 is 1. The molecule has 0 amide bonds. The number of carboxylic acids is 1. The van der Waals surface area contributed by atoms with Gasteiger partial charge in [-0.05, 0) is 37.3 Å². The van der Waals surface area contributed by atoms with Gasteiger partial charge >= 0.3 is 5.97 Å². The highest BCUT2D eigenvalue weighted by molar-refractivity contribution is 5.72. The molecule has 8 heteroatoms. The van der Waals surface area contributed by atoms with Gasteiger partial charge in [-0.3, -0.25) is 14.7 Å². The van der Waals surface area contributed by atoms with Crippen LogP contribution in [-0.2, 0) is 4.79 Å². The Labute approximate surface area is 154 Å². The van der Waals surface area contributed by atoms with E-state index in [1.54, 1.807) is 38.3 Å². The number of carboxylic acid groups (broad SMARTS) is 1. The van der Waals surface area contributed by atoms with Crippen LogP contribution >= 0.6 is 0 Å². The summed E-state index contributed by atoms with van der Waals surface area (Å²) in [6, 6.07) is 8.53. The van der Waals surface area contributed by atoms with Crippen LogP contribution in [0.1, 0.15) is 29.2 Å². The molecule has 0 saturated heterocycles. The van der Waals surface area contributed by atoms with Crippen molar-refractivity contribution < 1.29 is 19.7 Å². The molecule has 0 aliphatic rings. The summed E-state index contributed by atoms with van der Waals surface area (Å²) in [5.41, 5.74) is 1.79. The van der Waals surface area contributed by atoms with Gasteiger partial charge in [0.1, 0.15) is 11.5 Å². The second kappa shape index (κ2) is 7.36. The summed E-state index contributed by atoms with van der Waals surface area (Å²) >= 11 is 0. The molecule has 27 heavy (non-hydrogen) atoms. The number of hydrogen-bond acceptors (Lipinski definition) is 5. The van der Waals surface area contributed by atoms with Crippen LogP contribution in [-0.4, -0.2) is 38.5 Å². The first-order valence-corrected chi connectivity index (χ1v) is 8.23. The third-order valence-electron chi connectivity index (χ3n) is 4.33. The van der Waals surface area contributed by atoms with Crippen LogP contribution in [0.2, 0.25) is 0 Å². The van der Waals surface area contributed by atoms with Gasteiger partial charge in [0, 0.05) is 22.7 Å². The fourth-order valence-corrected chi connectivity index (χ4v) is 3.11. The molecule has 1 aromatic carbocycles. The number of rotatable bonds is 6. The predicted molar refractivity (Wildman–Crippen MR) is 98.1 cm³/mol. The lowest BCUT2D eigenvalue weighted by Crippen LogP contribution is -2.20. The van der Waals surface area contributed by atoms with Crippen molar-refractivity contribution >= 4 is 5.97 Å². The Hall–Kier alpha value is -3.55. The molecular formula is C19H19N3O5. The lowest BCUT2D eigenvalue weighted by Gasteiger charge is -2.17. The molecule has 4 N–H and O–H groups in total. The summed E-state index contributed by atoms with van der Waals surface area (Å²) in [4.78, 5) is 26.5. The summed E-state index contributed by atoms with van der Waals surface area (Å²) in [6.45, 7) is 1.64. The molecule has 0 radical (unpaired) electrons. The summed E-state index contributed by atoms with van der Waals surface area (Å²) < 4.78 is 5.15. The molecule has 3 aromatic rings. The van der Waals surface area contributed by atoms with E-state index in [0.29, 0.717) is 22.7 Å². The van der Waals surface area contributed by atoms with Gasteiger partial charge in [-0.15, -0.1) is 0 Å². The lowest BCUT2D eigenvalue weighted by molar-refractivity contribution is -0.137. The first-order valence-electron chi connectivity index (χ1n) is 8.23. The van der Waals surface area contributed by atoms with Gasteiger partial charge in [-0.1, -0.05) is 0 Å². The van der Waals surface area contributed by atoms with Crippen molar-refractivity contribution in [3.05, 3.63) is 63.7 Å². The minimum absolute atomic E-state index is 0.000776. The van der Waals surface area contributed by atoms with Gasteiger partial charge in [0.25, 0.3) is 5.56 Å². The topological polar surface area (TPSA) is 128 Å². The molecule has 0 aliphatic heterocycles. The number of H-pyrrole nitrogens is 2. The molecule has 0 fully saturated rings. The van der Waals surface area contributed by atoms with Gasteiger partial charge in [0.2, 0.25) is 0 Å². The van der Waals surface area contributed by atoms with Gasteiger partial charge in [0.05, 0.1) is 31.0 Å².